The Morgan fingerprint density at radius 1 is 1.20 bits per heavy atom. The largest absolute Gasteiger partial charge is 0.317 e. The standard InChI is InChI=1S/C16H26FN3/c17-16(8-4-10-18-11-9-16)13-14-7-12-20(19-14)15-5-2-1-3-6-15/h7,12,15,18H,1-6,8-11,13H2. The highest BCUT2D eigenvalue weighted by Gasteiger charge is 2.31. The lowest BCUT2D eigenvalue weighted by Gasteiger charge is -2.23. The molecule has 0 bridgehead atoms. The summed E-state index contributed by atoms with van der Waals surface area (Å²) in [5.41, 5.74) is -0.130. The van der Waals surface area contributed by atoms with Gasteiger partial charge in [0, 0.05) is 12.6 Å². The Morgan fingerprint density at radius 2 is 2.05 bits per heavy atom. The van der Waals surface area contributed by atoms with Gasteiger partial charge in [-0.1, -0.05) is 19.3 Å². The Balaban J connectivity index is 1.63. The summed E-state index contributed by atoms with van der Waals surface area (Å²) in [7, 11) is 0. The molecule has 3 nitrogen and oxygen atoms in total. The second kappa shape index (κ2) is 6.25. The molecule has 0 spiro atoms. The summed E-state index contributed by atoms with van der Waals surface area (Å²) in [6.45, 7) is 1.74. The quantitative estimate of drug-likeness (QED) is 0.919. The van der Waals surface area contributed by atoms with Gasteiger partial charge in [-0.05, 0) is 51.3 Å². The molecule has 1 saturated carbocycles. The molecule has 1 atom stereocenters. The summed E-state index contributed by atoms with van der Waals surface area (Å²) >= 11 is 0. The second-order valence-corrected chi connectivity index (χ2v) is 6.51. The zero-order chi connectivity index (χ0) is 13.8. The molecule has 4 heteroatoms. The van der Waals surface area contributed by atoms with Crippen molar-refractivity contribution < 1.29 is 4.39 Å². The van der Waals surface area contributed by atoms with E-state index in [-0.39, 0.29) is 0 Å². The third kappa shape index (κ3) is 3.40. The van der Waals surface area contributed by atoms with E-state index in [1.54, 1.807) is 0 Å². The normalized spacial score (nSPS) is 29.2. The molecule has 1 saturated heterocycles. The number of aromatic nitrogens is 2. The summed E-state index contributed by atoms with van der Waals surface area (Å²) < 4.78 is 17.0. The average molecular weight is 279 g/mol. The van der Waals surface area contributed by atoms with Crippen LogP contribution >= 0.6 is 0 Å². The lowest BCUT2D eigenvalue weighted by Crippen LogP contribution is -2.28. The van der Waals surface area contributed by atoms with Gasteiger partial charge in [0.25, 0.3) is 0 Å². The summed E-state index contributed by atoms with van der Waals surface area (Å²) in [5.74, 6) is 0. The highest BCUT2D eigenvalue weighted by atomic mass is 19.1. The van der Waals surface area contributed by atoms with Crippen LogP contribution in [0.2, 0.25) is 0 Å². The molecule has 2 heterocycles. The molecule has 0 amide bonds. The van der Waals surface area contributed by atoms with Crippen molar-refractivity contribution in [1.82, 2.24) is 15.1 Å². The molecule has 1 N–H and O–H groups in total. The SMILES string of the molecule is FC1(Cc2ccn(C3CCCCC3)n2)CCCNCC1. The third-order valence-electron chi connectivity index (χ3n) is 4.84. The van der Waals surface area contributed by atoms with Gasteiger partial charge in [-0.3, -0.25) is 4.68 Å². The fourth-order valence-electron chi connectivity index (χ4n) is 3.61. The Morgan fingerprint density at radius 3 is 2.90 bits per heavy atom. The van der Waals surface area contributed by atoms with Gasteiger partial charge in [0.2, 0.25) is 0 Å². The van der Waals surface area contributed by atoms with Crippen LogP contribution in [-0.4, -0.2) is 28.5 Å². The summed E-state index contributed by atoms with van der Waals surface area (Å²) in [6.07, 6.45) is 11.2. The summed E-state index contributed by atoms with van der Waals surface area (Å²) in [4.78, 5) is 0. The van der Waals surface area contributed by atoms with Crippen LogP contribution in [0.25, 0.3) is 0 Å². The molecule has 1 aromatic heterocycles. The van der Waals surface area contributed by atoms with Crippen LogP contribution in [0.3, 0.4) is 0 Å². The van der Waals surface area contributed by atoms with Gasteiger partial charge in [-0.15, -0.1) is 0 Å². The smallest absolute Gasteiger partial charge is 0.117 e. The van der Waals surface area contributed by atoms with E-state index in [0.29, 0.717) is 25.3 Å². The molecule has 112 valence electrons. The number of nitrogens with one attached hydrogen (secondary N) is 1. The van der Waals surface area contributed by atoms with Crippen molar-refractivity contribution in [1.29, 1.82) is 0 Å². The van der Waals surface area contributed by atoms with Crippen LogP contribution in [0.5, 0.6) is 0 Å². The Labute approximate surface area is 120 Å². The molecular weight excluding hydrogens is 253 g/mol. The molecule has 1 unspecified atom stereocenters. The number of halogens is 1. The number of hydrogen-bond donors (Lipinski definition) is 1. The van der Waals surface area contributed by atoms with Crippen molar-refractivity contribution in [2.75, 3.05) is 13.1 Å². The van der Waals surface area contributed by atoms with Crippen molar-refractivity contribution in [3.05, 3.63) is 18.0 Å². The minimum Gasteiger partial charge on any atom is -0.317 e. The van der Waals surface area contributed by atoms with E-state index in [9.17, 15) is 4.39 Å². The Bertz CT molecular complexity index is 415. The summed E-state index contributed by atoms with van der Waals surface area (Å²) in [6, 6.07) is 2.57. The van der Waals surface area contributed by atoms with E-state index in [1.165, 1.54) is 32.1 Å². The van der Waals surface area contributed by atoms with E-state index in [0.717, 1.165) is 25.2 Å². The molecule has 0 aromatic carbocycles. The van der Waals surface area contributed by atoms with E-state index in [1.807, 2.05) is 6.07 Å². The first kappa shape index (κ1) is 14.1. The maximum Gasteiger partial charge on any atom is 0.117 e. The van der Waals surface area contributed by atoms with Crippen molar-refractivity contribution in [2.24, 2.45) is 0 Å². The van der Waals surface area contributed by atoms with Gasteiger partial charge in [-0.25, -0.2) is 4.39 Å². The Hall–Kier alpha value is -0.900. The first-order valence-electron chi connectivity index (χ1n) is 8.19. The predicted octanol–water partition coefficient (Wildman–Crippen LogP) is 3.41. The van der Waals surface area contributed by atoms with E-state index < -0.39 is 5.67 Å². The van der Waals surface area contributed by atoms with Gasteiger partial charge in [0.1, 0.15) is 5.67 Å². The van der Waals surface area contributed by atoms with Crippen molar-refractivity contribution in [2.45, 2.75) is 69.5 Å². The molecule has 2 fully saturated rings. The van der Waals surface area contributed by atoms with Crippen LogP contribution < -0.4 is 5.32 Å². The fraction of sp³-hybridized carbons (Fsp3) is 0.812. The first-order chi connectivity index (χ1) is 9.75. The van der Waals surface area contributed by atoms with E-state index in [4.69, 9.17) is 0 Å². The number of nitrogens with zero attached hydrogens (tertiary/aromatic N) is 2. The fourth-order valence-corrected chi connectivity index (χ4v) is 3.61. The highest BCUT2D eigenvalue weighted by molar-refractivity contribution is 5.05. The van der Waals surface area contributed by atoms with E-state index >= 15 is 0 Å². The minimum atomic E-state index is -1.06. The molecule has 0 radical (unpaired) electrons. The van der Waals surface area contributed by atoms with Crippen LogP contribution in [0.4, 0.5) is 4.39 Å². The number of hydrogen-bond acceptors (Lipinski definition) is 2. The molecular formula is C16H26FN3. The average Bonchev–Trinajstić information content (AvgIpc) is 2.81. The van der Waals surface area contributed by atoms with Gasteiger partial charge >= 0.3 is 0 Å². The number of alkyl halides is 1. The lowest BCUT2D eigenvalue weighted by molar-refractivity contribution is 0.142. The van der Waals surface area contributed by atoms with Crippen LogP contribution in [0.1, 0.15) is 63.1 Å². The predicted molar refractivity (Wildman–Crippen MR) is 78.6 cm³/mol. The Kier molecular flexibility index (Phi) is 4.39. The maximum absolute atomic E-state index is 14.9. The number of rotatable bonds is 3. The second-order valence-electron chi connectivity index (χ2n) is 6.51. The van der Waals surface area contributed by atoms with Crippen molar-refractivity contribution >= 4 is 0 Å². The zero-order valence-electron chi connectivity index (χ0n) is 12.3. The van der Waals surface area contributed by atoms with Crippen LogP contribution in [0, 0.1) is 0 Å². The van der Waals surface area contributed by atoms with Crippen molar-refractivity contribution in [3.63, 3.8) is 0 Å². The molecule has 1 aliphatic carbocycles. The monoisotopic (exact) mass is 279 g/mol. The van der Waals surface area contributed by atoms with Gasteiger partial charge in [0.15, 0.2) is 0 Å². The van der Waals surface area contributed by atoms with Crippen LogP contribution in [0.15, 0.2) is 12.3 Å². The van der Waals surface area contributed by atoms with Crippen molar-refractivity contribution in [3.8, 4) is 0 Å². The minimum absolute atomic E-state index is 0.481. The molecule has 3 rings (SSSR count). The molecule has 1 aromatic rings. The first-order valence-corrected chi connectivity index (χ1v) is 8.19. The topological polar surface area (TPSA) is 29.9 Å². The molecule has 2 aliphatic rings. The van der Waals surface area contributed by atoms with Gasteiger partial charge < -0.3 is 5.32 Å². The van der Waals surface area contributed by atoms with Gasteiger partial charge in [0.05, 0.1) is 11.7 Å². The van der Waals surface area contributed by atoms with Crippen LogP contribution in [-0.2, 0) is 6.42 Å². The summed E-state index contributed by atoms with van der Waals surface area (Å²) in [5, 5.41) is 7.94. The van der Waals surface area contributed by atoms with E-state index in [2.05, 4.69) is 21.3 Å². The highest BCUT2D eigenvalue weighted by Crippen LogP contribution is 2.30. The maximum atomic E-state index is 14.9. The molecule has 1 aliphatic heterocycles. The zero-order valence-corrected chi connectivity index (χ0v) is 12.3. The lowest BCUT2D eigenvalue weighted by atomic mass is 9.92. The molecule has 20 heavy (non-hydrogen) atoms. The van der Waals surface area contributed by atoms with Gasteiger partial charge in [-0.2, -0.15) is 5.10 Å². The third-order valence-corrected chi connectivity index (χ3v) is 4.84.